The van der Waals surface area contributed by atoms with Crippen LogP contribution in [0.5, 0.6) is 0 Å². The molecule has 6 heteroatoms. The van der Waals surface area contributed by atoms with Crippen LogP contribution in [0.3, 0.4) is 0 Å². The molecule has 0 atom stereocenters. The monoisotopic (exact) mass is 181 g/mol. The lowest BCUT2D eigenvalue weighted by molar-refractivity contribution is -0.150. The first-order chi connectivity index (χ1) is 6.24. The fourth-order valence-electron chi connectivity index (χ4n) is 0.628. The van der Waals surface area contributed by atoms with Crippen molar-refractivity contribution < 1.29 is 14.3 Å². The molecular formula is C7H7N3O3. The van der Waals surface area contributed by atoms with Gasteiger partial charge in [-0.05, 0) is 12.1 Å². The van der Waals surface area contributed by atoms with Crippen molar-refractivity contribution in [1.82, 2.24) is 10.2 Å². The van der Waals surface area contributed by atoms with E-state index in [4.69, 9.17) is 0 Å². The van der Waals surface area contributed by atoms with Gasteiger partial charge in [0.1, 0.15) is 0 Å². The Kier molecular flexibility index (Phi) is 2.91. The van der Waals surface area contributed by atoms with Crippen molar-refractivity contribution in [2.75, 3.05) is 12.4 Å². The molecule has 0 aliphatic heterocycles. The number of aromatic nitrogens is 2. The Labute approximate surface area is 73.9 Å². The highest BCUT2D eigenvalue weighted by Crippen LogP contribution is 1.97. The molecular weight excluding hydrogens is 174 g/mol. The highest BCUT2D eigenvalue weighted by molar-refractivity contribution is 6.37. The lowest BCUT2D eigenvalue weighted by Gasteiger charge is -1.99. The molecule has 1 amide bonds. The van der Waals surface area contributed by atoms with Crippen molar-refractivity contribution in [2.45, 2.75) is 0 Å². The second-order valence-electron chi connectivity index (χ2n) is 2.05. The molecule has 6 nitrogen and oxygen atoms in total. The third kappa shape index (κ3) is 2.51. The maximum atomic E-state index is 10.9. The molecule has 0 radical (unpaired) electrons. The van der Waals surface area contributed by atoms with E-state index < -0.39 is 11.9 Å². The van der Waals surface area contributed by atoms with Crippen LogP contribution in [-0.4, -0.2) is 29.2 Å². The van der Waals surface area contributed by atoms with Crippen LogP contribution < -0.4 is 5.32 Å². The summed E-state index contributed by atoms with van der Waals surface area (Å²) < 4.78 is 4.19. The number of anilines is 1. The van der Waals surface area contributed by atoms with Gasteiger partial charge in [-0.15, -0.1) is 5.10 Å². The zero-order valence-electron chi connectivity index (χ0n) is 6.85. The molecule has 1 rings (SSSR count). The van der Waals surface area contributed by atoms with Crippen LogP contribution in [0, 0.1) is 0 Å². The van der Waals surface area contributed by atoms with E-state index in [9.17, 15) is 9.59 Å². The third-order valence-electron chi connectivity index (χ3n) is 1.18. The minimum Gasteiger partial charge on any atom is -0.462 e. The minimum atomic E-state index is -0.967. The highest BCUT2D eigenvalue weighted by atomic mass is 16.5. The van der Waals surface area contributed by atoms with Gasteiger partial charge in [-0.2, -0.15) is 5.10 Å². The number of esters is 1. The van der Waals surface area contributed by atoms with E-state index in [1.54, 1.807) is 6.07 Å². The van der Waals surface area contributed by atoms with Crippen molar-refractivity contribution in [3.8, 4) is 0 Å². The van der Waals surface area contributed by atoms with E-state index in [1.807, 2.05) is 0 Å². The normalized spacial score (nSPS) is 9.00. The summed E-state index contributed by atoms with van der Waals surface area (Å²) in [4.78, 5) is 21.5. The van der Waals surface area contributed by atoms with Crippen molar-refractivity contribution in [3.63, 3.8) is 0 Å². The van der Waals surface area contributed by atoms with E-state index in [0.717, 1.165) is 7.11 Å². The number of nitrogens with one attached hydrogen (secondary N) is 1. The molecule has 1 aromatic rings. The van der Waals surface area contributed by atoms with Gasteiger partial charge in [0.05, 0.1) is 7.11 Å². The zero-order valence-corrected chi connectivity index (χ0v) is 6.85. The van der Waals surface area contributed by atoms with Gasteiger partial charge in [0.15, 0.2) is 5.82 Å². The Morgan fingerprint density at radius 1 is 1.54 bits per heavy atom. The molecule has 0 saturated heterocycles. The molecule has 68 valence electrons. The number of carbonyl (C=O) groups excluding carboxylic acids is 2. The number of ether oxygens (including phenoxy) is 1. The van der Waals surface area contributed by atoms with Crippen molar-refractivity contribution in [1.29, 1.82) is 0 Å². The van der Waals surface area contributed by atoms with Gasteiger partial charge in [0.2, 0.25) is 0 Å². The quantitative estimate of drug-likeness (QED) is 0.470. The van der Waals surface area contributed by atoms with Gasteiger partial charge < -0.3 is 4.74 Å². The average Bonchev–Trinajstić information content (AvgIpc) is 2.18. The molecule has 0 aromatic carbocycles. The molecule has 0 aliphatic carbocycles. The van der Waals surface area contributed by atoms with Gasteiger partial charge in [0, 0.05) is 6.20 Å². The van der Waals surface area contributed by atoms with Crippen LogP contribution in [0.25, 0.3) is 0 Å². The van der Waals surface area contributed by atoms with Crippen LogP contribution in [0.1, 0.15) is 0 Å². The van der Waals surface area contributed by atoms with E-state index in [0.29, 0.717) is 0 Å². The number of nitrogens with zero attached hydrogens (tertiary/aromatic N) is 2. The summed E-state index contributed by atoms with van der Waals surface area (Å²) in [5, 5.41) is 9.26. The Morgan fingerprint density at radius 2 is 2.31 bits per heavy atom. The van der Waals surface area contributed by atoms with Crippen molar-refractivity contribution in [3.05, 3.63) is 18.3 Å². The number of hydrogen-bond acceptors (Lipinski definition) is 5. The Bertz CT molecular complexity index is 312. The summed E-state index contributed by atoms with van der Waals surface area (Å²) >= 11 is 0. The lowest BCUT2D eigenvalue weighted by Crippen LogP contribution is -2.24. The van der Waals surface area contributed by atoms with Gasteiger partial charge in [-0.1, -0.05) is 0 Å². The van der Waals surface area contributed by atoms with Gasteiger partial charge in [-0.3, -0.25) is 10.1 Å². The first-order valence-electron chi connectivity index (χ1n) is 3.41. The first kappa shape index (κ1) is 9.11. The lowest BCUT2D eigenvalue weighted by atomic mass is 10.5. The largest absolute Gasteiger partial charge is 0.462 e. The van der Waals surface area contributed by atoms with E-state index in [2.05, 4.69) is 20.3 Å². The van der Waals surface area contributed by atoms with E-state index >= 15 is 0 Å². The zero-order chi connectivity index (χ0) is 9.68. The van der Waals surface area contributed by atoms with Crippen molar-refractivity contribution >= 4 is 17.7 Å². The molecule has 0 aliphatic rings. The second kappa shape index (κ2) is 4.15. The maximum Gasteiger partial charge on any atom is 0.396 e. The Morgan fingerprint density at radius 3 is 2.85 bits per heavy atom. The molecule has 13 heavy (non-hydrogen) atoms. The van der Waals surface area contributed by atoms with Crippen LogP contribution in [0.4, 0.5) is 5.82 Å². The Hall–Kier alpha value is -1.98. The fourth-order valence-corrected chi connectivity index (χ4v) is 0.628. The molecule has 0 fully saturated rings. The summed E-state index contributed by atoms with van der Waals surface area (Å²) in [5.74, 6) is -1.63. The average molecular weight is 181 g/mol. The molecule has 1 heterocycles. The molecule has 0 spiro atoms. The predicted molar refractivity (Wildman–Crippen MR) is 42.7 cm³/mol. The minimum absolute atomic E-state index is 0.206. The van der Waals surface area contributed by atoms with Gasteiger partial charge in [0.25, 0.3) is 0 Å². The molecule has 0 unspecified atom stereocenters. The highest BCUT2D eigenvalue weighted by Gasteiger charge is 2.13. The van der Waals surface area contributed by atoms with Gasteiger partial charge >= 0.3 is 11.9 Å². The van der Waals surface area contributed by atoms with Crippen LogP contribution in [0.15, 0.2) is 18.3 Å². The molecule has 1 aromatic heterocycles. The maximum absolute atomic E-state index is 10.9. The number of hydrogen-bond donors (Lipinski definition) is 1. The Balaban J connectivity index is 2.60. The second-order valence-corrected chi connectivity index (χ2v) is 2.05. The number of methoxy groups -OCH3 is 1. The first-order valence-corrected chi connectivity index (χ1v) is 3.41. The van der Waals surface area contributed by atoms with Crippen LogP contribution in [0.2, 0.25) is 0 Å². The number of amides is 1. The molecule has 0 saturated carbocycles. The van der Waals surface area contributed by atoms with Gasteiger partial charge in [-0.25, -0.2) is 4.79 Å². The topological polar surface area (TPSA) is 81.2 Å². The fraction of sp³-hybridized carbons (Fsp3) is 0.143. The van der Waals surface area contributed by atoms with E-state index in [1.165, 1.54) is 12.3 Å². The smallest absolute Gasteiger partial charge is 0.396 e. The summed E-state index contributed by atoms with van der Waals surface area (Å²) in [7, 11) is 1.12. The third-order valence-corrected chi connectivity index (χ3v) is 1.18. The summed E-state index contributed by atoms with van der Waals surface area (Å²) in [6.45, 7) is 0. The van der Waals surface area contributed by atoms with E-state index in [-0.39, 0.29) is 5.82 Å². The summed E-state index contributed by atoms with van der Waals surface area (Å²) in [5.41, 5.74) is 0. The van der Waals surface area contributed by atoms with Crippen LogP contribution in [-0.2, 0) is 14.3 Å². The summed E-state index contributed by atoms with van der Waals surface area (Å²) in [6, 6.07) is 3.09. The number of rotatable bonds is 1. The molecule has 1 N–H and O–H groups in total. The SMILES string of the molecule is COC(=O)C(=O)Nc1cccnn1. The van der Waals surface area contributed by atoms with Crippen molar-refractivity contribution in [2.24, 2.45) is 0 Å². The molecule has 0 bridgehead atoms. The summed E-state index contributed by atoms with van der Waals surface area (Å²) in [6.07, 6.45) is 1.45. The standard InChI is InChI=1S/C7H7N3O3/c1-13-7(12)6(11)9-5-3-2-4-8-10-5/h2-4H,1H3,(H,9,10,11). The van der Waals surface area contributed by atoms with Crippen LogP contribution >= 0.6 is 0 Å². The predicted octanol–water partition coefficient (Wildman–Crippen LogP) is -0.412. The number of carbonyl (C=O) groups is 2.